The average molecular weight is 516 g/mol. The zero-order valence-corrected chi connectivity index (χ0v) is 21.7. The first-order chi connectivity index (χ1) is 18.5. The number of hydrazone groups is 1. The number of hydrogen-bond acceptors (Lipinski definition) is 5. The van der Waals surface area contributed by atoms with Gasteiger partial charge in [0.2, 0.25) is 0 Å². The number of carboxylic acid groups (broad SMARTS) is 1. The predicted octanol–water partition coefficient (Wildman–Crippen LogP) is 5.75. The maximum absolute atomic E-state index is 13.3. The van der Waals surface area contributed by atoms with Gasteiger partial charge in [-0.2, -0.15) is 5.10 Å². The minimum atomic E-state index is -0.844. The summed E-state index contributed by atoms with van der Waals surface area (Å²) in [7, 11) is 1.70. The lowest BCUT2D eigenvalue weighted by molar-refractivity contribution is -0.138. The molecule has 2 heterocycles. The summed E-state index contributed by atoms with van der Waals surface area (Å²) in [6.45, 7) is 2.64. The molecule has 0 aromatic heterocycles. The second kappa shape index (κ2) is 11.7. The first-order valence-electron chi connectivity index (χ1n) is 13.3. The van der Waals surface area contributed by atoms with Crippen LogP contribution in [0.15, 0.2) is 77.9 Å². The van der Waals surface area contributed by atoms with Gasteiger partial charge >= 0.3 is 5.97 Å². The molecule has 0 spiro atoms. The molecule has 0 aliphatic carbocycles. The van der Waals surface area contributed by atoms with E-state index in [0.717, 1.165) is 54.9 Å². The Bertz CT molecular complexity index is 1270. The Morgan fingerprint density at radius 3 is 2.42 bits per heavy atom. The van der Waals surface area contributed by atoms with E-state index in [2.05, 4.69) is 41.3 Å². The van der Waals surface area contributed by atoms with Crippen molar-refractivity contribution in [1.29, 1.82) is 0 Å². The van der Waals surface area contributed by atoms with E-state index in [-0.39, 0.29) is 18.3 Å². The topological polar surface area (TPSA) is 65.4 Å². The highest BCUT2D eigenvalue weighted by molar-refractivity contribution is 6.01. The van der Waals surface area contributed by atoms with Crippen LogP contribution < -0.4 is 9.64 Å². The van der Waals surface area contributed by atoms with E-state index in [9.17, 15) is 14.3 Å². The van der Waals surface area contributed by atoms with Gasteiger partial charge in [-0.1, -0.05) is 42.5 Å². The number of hydrogen-bond donors (Lipinski definition) is 1. The van der Waals surface area contributed by atoms with E-state index in [0.29, 0.717) is 18.9 Å². The normalized spacial score (nSPS) is 17.9. The van der Waals surface area contributed by atoms with Gasteiger partial charge in [0.15, 0.2) is 0 Å². The highest BCUT2D eigenvalue weighted by atomic mass is 19.1. The van der Waals surface area contributed by atoms with Crippen LogP contribution in [0.2, 0.25) is 0 Å². The molecule has 3 aromatic rings. The van der Waals surface area contributed by atoms with Crippen LogP contribution in [0.25, 0.3) is 0 Å². The van der Waals surface area contributed by atoms with Crippen molar-refractivity contribution in [3.8, 4) is 5.75 Å². The zero-order chi connectivity index (χ0) is 26.5. The molecule has 5 rings (SSSR count). The van der Waals surface area contributed by atoms with Crippen molar-refractivity contribution in [3.05, 3.63) is 95.3 Å². The first kappa shape index (κ1) is 25.8. The zero-order valence-electron chi connectivity index (χ0n) is 21.7. The number of carbonyl (C=O) groups is 1. The summed E-state index contributed by atoms with van der Waals surface area (Å²) in [5.74, 6) is 0.409. The number of benzene rings is 3. The molecule has 2 aliphatic rings. The molecule has 1 saturated heterocycles. The number of rotatable bonds is 9. The Hall–Kier alpha value is -3.87. The molecule has 7 heteroatoms. The van der Waals surface area contributed by atoms with Gasteiger partial charge in [-0.15, -0.1) is 0 Å². The van der Waals surface area contributed by atoms with Crippen LogP contribution >= 0.6 is 0 Å². The third kappa shape index (κ3) is 6.33. The summed E-state index contributed by atoms with van der Waals surface area (Å²) in [4.78, 5) is 13.9. The molecule has 6 nitrogen and oxygen atoms in total. The monoisotopic (exact) mass is 515 g/mol. The van der Waals surface area contributed by atoms with E-state index in [1.807, 2.05) is 17.1 Å². The number of nitrogens with zero attached hydrogens (tertiary/aromatic N) is 3. The lowest BCUT2D eigenvalue weighted by Gasteiger charge is -2.34. The molecule has 0 radical (unpaired) electrons. The molecule has 1 atom stereocenters. The molecule has 0 saturated carbocycles. The summed E-state index contributed by atoms with van der Waals surface area (Å²) in [5.41, 5.74) is 5.28. The summed E-state index contributed by atoms with van der Waals surface area (Å²) < 4.78 is 18.7. The minimum Gasteiger partial charge on any atom is -0.497 e. The fourth-order valence-corrected chi connectivity index (χ4v) is 5.47. The largest absolute Gasteiger partial charge is 0.497 e. The Labute approximate surface area is 223 Å². The number of methoxy groups -OCH3 is 1. The summed E-state index contributed by atoms with van der Waals surface area (Å²) in [6, 6.07) is 22.9. The average Bonchev–Trinajstić information content (AvgIpc) is 3.32. The smallest absolute Gasteiger partial charge is 0.305 e. The van der Waals surface area contributed by atoms with Crippen LogP contribution in [0.5, 0.6) is 5.75 Å². The van der Waals surface area contributed by atoms with E-state index in [1.165, 1.54) is 23.4 Å². The summed E-state index contributed by atoms with van der Waals surface area (Å²) in [6.07, 6.45) is 3.92. The van der Waals surface area contributed by atoms with Gasteiger partial charge in [-0.3, -0.25) is 9.80 Å². The highest BCUT2D eigenvalue weighted by Crippen LogP contribution is 2.29. The summed E-state index contributed by atoms with van der Waals surface area (Å²) in [5, 5.41) is 16.0. The molecule has 38 heavy (non-hydrogen) atoms. The SMILES string of the molecule is COc1cccc(N2CCC(Cc3ccc(CN4N=C(c5ccc(F)cc5)CC4CC(=O)O)cc3)CC2)c1. The highest BCUT2D eigenvalue weighted by Gasteiger charge is 2.29. The Balaban J connectivity index is 1.18. The number of piperidine rings is 1. The van der Waals surface area contributed by atoms with Gasteiger partial charge in [0, 0.05) is 31.3 Å². The standard InChI is InChI=1S/C31H34FN3O3/c1-38-29-4-2-3-27(18-29)34-15-13-23(14-16-34)17-22-5-7-24(8-6-22)21-35-28(20-31(36)37)19-30(33-35)25-9-11-26(32)12-10-25/h2-12,18,23,28H,13-17,19-21H2,1H3,(H,36,37). The van der Waals surface area contributed by atoms with Crippen LogP contribution in [-0.4, -0.2) is 48.0 Å². The molecule has 1 fully saturated rings. The number of halogens is 1. The van der Waals surface area contributed by atoms with Crippen molar-refractivity contribution in [3.63, 3.8) is 0 Å². The van der Waals surface area contributed by atoms with Crippen LogP contribution in [0, 0.1) is 11.7 Å². The second-order valence-electron chi connectivity index (χ2n) is 10.3. The van der Waals surface area contributed by atoms with Crippen LogP contribution in [0.3, 0.4) is 0 Å². The molecule has 0 amide bonds. The van der Waals surface area contributed by atoms with Gasteiger partial charge < -0.3 is 14.7 Å². The van der Waals surface area contributed by atoms with E-state index in [1.54, 1.807) is 19.2 Å². The van der Waals surface area contributed by atoms with Gasteiger partial charge in [0.05, 0.1) is 31.8 Å². The molecule has 3 aromatic carbocycles. The van der Waals surface area contributed by atoms with Gasteiger partial charge in [-0.05, 0) is 66.1 Å². The minimum absolute atomic E-state index is 0.0146. The fraction of sp³-hybridized carbons (Fsp3) is 0.355. The Kier molecular flexibility index (Phi) is 7.91. The van der Waals surface area contributed by atoms with Crippen molar-refractivity contribution < 1.29 is 19.0 Å². The quantitative estimate of drug-likeness (QED) is 0.393. The van der Waals surface area contributed by atoms with Crippen molar-refractivity contribution in [2.24, 2.45) is 11.0 Å². The number of aliphatic carboxylic acids is 1. The third-order valence-electron chi connectivity index (χ3n) is 7.61. The van der Waals surface area contributed by atoms with Gasteiger partial charge in [0.1, 0.15) is 11.6 Å². The van der Waals surface area contributed by atoms with Crippen LogP contribution in [0.1, 0.15) is 42.4 Å². The molecular weight excluding hydrogens is 481 g/mol. The van der Waals surface area contributed by atoms with Crippen molar-refractivity contribution in [2.75, 3.05) is 25.1 Å². The predicted molar refractivity (Wildman–Crippen MR) is 147 cm³/mol. The fourth-order valence-electron chi connectivity index (χ4n) is 5.47. The number of carboxylic acids is 1. The Morgan fingerprint density at radius 2 is 1.74 bits per heavy atom. The van der Waals surface area contributed by atoms with Gasteiger partial charge in [-0.25, -0.2) is 4.39 Å². The van der Waals surface area contributed by atoms with E-state index in [4.69, 9.17) is 9.84 Å². The van der Waals surface area contributed by atoms with Crippen molar-refractivity contribution >= 4 is 17.4 Å². The van der Waals surface area contributed by atoms with Crippen LogP contribution in [-0.2, 0) is 17.8 Å². The van der Waals surface area contributed by atoms with E-state index >= 15 is 0 Å². The molecule has 198 valence electrons. The van der Waals surface area contributed by atoms with Crippen molar-refractivity contribution in [1.82, 2.24) is 5.01 Å². The number of anilines is 1. The third-order valence-corrected chi connectivity index (χ3v) is 7.61. The second-order valence-corrected chi connectivity index (χ2v) is 10.3. The lowest BCUT2D eigenvalue weighted by atomic mass is 9.89. The molecule has 1 N–H and O–H groups in total. The maximum atomic E-state index is 13.3. The van der Waals surface area contributed by atoms with E-state index < -0.39 is 5.97 Å². The molecule has 1 unspecified atom stereocenters. The summed E-state index contributed by atoms with van der Waals surface area (Å²) >= 11 is 0. The van der Waals surface area contributed by atoms with Crippen molar-refractivity contribution in [2.45, 2.75) is 44.7 Å². The number of ether oxygens (including phenoxy) is 1. The van der Waals surface area contributed by atoms with Gasteiger partial charge in [0.25, 0.3) is 0 Å². The lowest BCUT2D eigenvalue weighted by Crippen LogP contribution is -2.34. The molecule has 0 bridgehead atoms. The first-order valence-corrected chi connectivity index (χ1v) is 13.3. The maximum Gasteiger partial charge on any atom is 0.305 e. The molecular formula is C31H34FN3O3. The Morgan fingerprint density at radius 1 is 1.03 bits per heavy atom. The van der Waals surface area contributed by atoms with Crippen LogP contribution in [0.4, 0.5) is 10.1 Å². The molecule has 2 aliphatic heterocycles.